The van der Waals surface area contributed by atoms with E-state index in [9.17, 15) is 4.79 Å². The molecule has 5 heteroatoms. The molecule has 0 aliphatic carbocycles. The van der Waals surface area contributed by atoms with Crippen LogP contribution in [0, 0.1) is 0 Å². The van der Waals surface area contributed by atoms with Gasteiger partial charge in [-0.2, -0.15) is 0 Å². The largest absolute Gasteiger partial charge is 0.493 e. The fraction of sp³-hybridized carbons (Fsp3) is 0.273. The highest BCUT2D eigenvalue weighted by Gasteiger charge is 2.12. The van der Waals surface area contributed by atoms with Crippen molar-refractivity contribution in [1.29, 1.82) is 0 Å². The molecular formula is C22H24N2O3. The monoisotopic (exact) mass is 364 g/mol. The van der Waals surface area contributed by atoms with Gasteiger partial charge in [0.2, 0.25) is 5.91 Å². The molecule has 3 rings (SSSR count). The summed E-state index contributed by atoms with van der Waals surface area (Å²) in [5.41, 5.74) is 3.09. The van der Waals surface area contributed by atoms with E-state index in [1.807, 2.05) is 55.6 Å². The molecular weight excluding hydrogens is 340 g/mol. The van der Waals surface area contributed by atoms with E-state index in [0.29, 0.717) is 30.9 Å². The van der Waals surface area contributed by atoms with Crippen molar-refractivity contribution < 1.29 is 14.3 Å². The maximum Gasteiger partial charge on any atom is 0.222 e. The van der Waals surface area contributed by atoms with Crippen LogP contribution in [0.2, 0.25) is 0 Å². The van der Waals surface area contributed by atoms with Crippen LogP contribution in [-0.4, -0.2) is 37.1 Å². The summed E-state index contributed by atoms with van der Waals surface area (Å²) in [6.07, 6.45) is 2.88. The average Bonchev–Trinajstić information content (AvgIpc) is 2.71. The molecule has 0 bridgehead atoms. The minimum Gasteiger partial charge on any atom is -0.493 e. The lowest BCUT2D eigenvalue weighted by Gasteiger charge is -2.18. The van der Waals surface area contributed by atoms with Crippen molar-refractivity contribution in [2.75, 3.05) is 21.3 Å². The number of nitrogens with zero attached hydrogens (tertiary/aromatic N) is 2. The zero-order chi connectivity index (χ0) is 19.2. The molecule has 0 N–H and O–H groups in total. The number of hydrogen-bond acceptors (Lipinski definition) is 4. The van der Waals surface area contributed by atoms with Crippen LogP contribution in [0.25, 0.3) is 10.9 Å². The first-order chi connectivity index (χ1) is 13.1. The van der Waals surface area contributed by atoms with Crippen LogP contribution in [0.1, 0.15) is 17.5 Å². The summed E-state index contributed by atoms with van der Waals surface area (Å²) in [5, 5.41) is 1.08. The molecule has 0 spiro atoms. The van der Waals surface area contributed by atoms with Crippen LogP contribution in [-0.2, 0) is 17.8 Å². The van der Waals surface area contributed by atoms with E-state index in [0.717, 1.165) is 22.0 Å². The average molecular weight is 364 g/mol. The number of pyridine rings is 1. The lowest BCUT2D eigenvalue weighted by molar-refractivity contribution is -0.130. The summed E-state index contributed by atoms with van der Waals surface area (Å²) in [7, 11) is 5.06. The Morgan fingerprint density at radius 2 is 1.81 bits per heavy atom. The SMILES string of the molecule is COc1ccc(CCC(=O)N(C)Cc2ccnc3ccccc23)cc1OC. The molecule has 0 aliphatic heterocycles. The molecule has 0 radical (unpaired) electrons. The van der Waals surface area contributed by atoms with Gasteiger partial charge < -0.3 is 14.4 Å². The third kappa shape index (κ3) is 4.37. The first-order valence-electron chi connectivity index (χ1n) is 8.90. The number of rotatable bonds is 7. The van der Waals surface area contributed by atoms with Gasteiger partial charge in [-0.1, -0.05) is 24.3 Å². The first-order valence-corrected chi connectivity index (χ1v) is 8.90. The second kappa shape index (κ2) is 8.54. The van der Waals surface area contributed by atoms with Gasteiger partial charge in [0, 0.05) is 31.6 Å². The summed E-state index contributed by atoms with van der Waals surface area (Å²) < 4.78 is 10.6. The number of carbonyl (C=O) groups excluding carboxylic acids is 1. The fourth-order valence-electron chi connectivity index (χ4n) is 3.11. The predicted molar refractivity (Wildman–Crippen MR) is 106 cm³/mol. The number of aromatic nitrogens is 1. The Hall–Kier alpha value is -3.08. The summed E-state index contributed by atoms with van der Waals surface area (Å²) in [6.45, 7) is 0.563. The lowest BCUT2D eigenvalue weighted by Crippen LogP contribution is -2.26. The topological polar surface area (TPSA) is 51.7 Å². The molecule has 5 nitrogen and oxygen atoms in total. The van der Waals surface area contributed by atoms with Crippen molar-refractivity contribution in [2.45, 2.75) is 19.4 Å². The Kier molecular flexibility index (Phi) is 5.91. The van der Waals surface area contributed by atoms with Crippen molar-refractivity contribution in [3.63, 3.8) is 0 Å². The number of hydrogen-bond donors (Lipinski definition) is 0. The summed E-state index contributed by atoms with van der Waals surface area (Å²) in [5.74, 6) is 1.47. The van der Waals surface area contributed by atoms with Crippen molar-refractivity contribution >= 4 is 16.8 Å². The van der Waals surface area contributed by atoms with Gasteiger partial charge >= 0.3 is 0 Å². The molecule has 0 atom stereocenters. The quantitative estimate of drug-likeness (QED) is 0.639. The minimum atomic E-state index is 0.102. The first kappa shape index (κ1) is 18.7. The van der Waals surface area contributed by atoms with Gasteiger partial charge in [-0.15, -0.1) is 0 Å². The van der Waals surface area contributed by atoms with E-state index < -0.39 is 0 Å². The van der Waals surface area contributed by atoms with E-state index in [2.05, 4.69) is 4.98 Å². The van der Waals surface area contributed by atoms with Crippen LogP contribution in [0.15, 0.2) is 54.7 Å². The second-order valence-corrected chi connectivity index (χ2v) is 6.43. The third-order valence-electron chi connectivity index (χ3n) is 4.65. The number of fused-ring (bicyclic) bond motifs is 1. The number of ether oxygens (including phenoxy) is 2. The number of aryl methyl sites for hydroxylation is 1. The number of carbonyl (C=O) groups is 1. The summed E-state index contributed by atoms with van der Waals surface area (Å²) in [4.78, 5) is 18.7. The van der Waals surface area contributed by atoms with Crippen LogP contribution < -0.4 is 9.47 Å². The molecule has 1 amide bonds. The van der Waals surface area contributed by atoms with E-state index in [1.54, 1.807) is 25.3 Å². The Morgan fingerprint density at radius 1 is 1.04 bits per heavy atom. The van der Waals surface area contributed by atoms with Gasteiger partial charge in [-0.25, -0.2) is 0 Å². The molecule has 0 fully saturated rings. The lowest BCUT2D eigenvalue weighted by atomic mass is 10.1. The molecule has 27 heavy (non-hydrogen) atoms. The van der Waals surface area contributed by atoms with Crippen molar-refractivity contribution in [3.8, 4) is 11.5 Å². The third-order valence-corrected chi connectivity index (χ3v) is 4.65. The van der Waals surface area contributed by atoms with Crippen molar-refractivity contribution in [3.05, 3.63) is 65.9 Å². The highest BCUT2D eigenvalue weighted by molar-refractivity contribution is 5.83. The normalized spacial score (nSPS) is 10.6. The van der Waals surface area contributed by atoms with E-state index >= 15 is 0 Å². The molecule has 0 aliphatic rings. The van der Waals surface area contributed by atoms with Crippen molar-refractivity contribution in [2.24, 2.45) is 0 Å². The number of amides is 1. The van der Waals surface area contributed by atoms with Crippen LogP contribution in [0.5, 0.6) is 11.5 Å². The van der Waals surface area contributed by atoms with Gasteiger partial charge in [-0.3, -0.25) is 9.78 Å². The molecule has 0 saturated heterocycles. The molecule has 1 heterocycles. The Morgan fingerprint density at radius 3 is 2.59 bits per heavy atom. The maximum atomic E-state index is 12.6. The number of benzene rings is 2. The Bertz CT molecular complexity index is 934. The van der Waals surface area contributed by atoms with E-state index in [1.165, 1.54) is 0 Å². The molecule has 140 valence electrons. The van der Waals surface area contributed by atoms with Gasteiger partial charge in [0.05, 0.1) is 19.7 Å². The van der Waals surface area contributed by atoms with Crippen LogP contribution >= 0.6 is 0 Å². The van der Waals surface area contributed by atoms with Gasteiger partial charge in [0.1, 0.15) is 0 Å². The molecule has 0 unspecified atom stereocenters. The Balaban J connectivity index is 1.64. The predicted octanol–water partition coefficient (Wildman–Crippen LogP) is 3.84. The van der Waals surface area contributed by atoms with Crippen molar-refractivity contribution in [1.82, 2.24) is 9.88 Å². The maximum absolute atomic E-state index is 12.6. The fourth-order valence-corrected chi connectivity index (χ4v) is 3.11. The summed E-state index contributed by atoms with van der Waals surface area (Å²) >= 11 is 0. The molecule has 0 saturated carbocycles. The zero-order valence-electron chi connectivity index (χ0n) is 15.9. The standard InChI is InChI=1S/C22H24N2O3/c1-24(15-17-12-13-23-19-7-5-4-6-18(17)19)22(25)11-9-16-8-10-20(26-2)21(14-16)27-3/h4-8,10,12-14H,9,11,15H2,1-3H3. The minimum absolute atomic E-state index is 0.102. The molecule has 1 aromatic heterocycles. The summed E-state index contributed by atoms with van der Waals surface area (Å²) in [6, 6.07) is 15.7. The Labute approximate surface area is 159 Å². The zero-order valence-corrected chi connectivity index (χ0v) is 15.9. The number of para-hydroxylation sites is 1. The van der Waals surface area contributed by atoms with Gasteiger partial charge in [0.25, 0.3) is 0 Å². The van der Waals surface area contributed by atoms with Gasteiger partial charge in [0.15, 0.2) is 11.5 Å². The van der Waals surface area contributed by atoms with Crippen LogP contribution in [0.4, 0.5) is 0 Å². The van der Waals surface area contributed by atoms with E-state index in [4.69, 9.17) is 9.47 Å². The highest BCUT2D eigenvalue weighted by atomic mass is 16.5. The second-order valence-electron chi connectivity index (χ2n) is 6.43. The molecule has 2 aromatic carbocycles. The number of methoxy groups -OCH3 is 2. The van der Waals surface area contributed by atoms with E-state index in [-0.39, 0.29) is 5.91 Å². The highest BCUT2D eigenvalue weighted by Crippen LogP contribution is 2.28. The molecule has 3 aromatic rings. The van der Waals surface area contributed by atoms with Crippen LogP contribution in [0.3, 0.4) is 0 Å². The van der Waals surface area contributed by atoms with Gasteiger partial charge in [-0.05, 0) is 41.8 Å². The smallest absolute Gasteiger partial charge is 0.222 e.